The molecule has 5 rings (SSSR count). The molecule has 10 heteroatoms. The molecular formula is C26H29N5O4S. The molecule has 0 atom stereocenters. The first-order chi connectivity index (χ1) is 17.5. The SMILES string of the molecule is CCOc1ccc2nc(N3CCN(CCNC(=O)c4ccc(N5C(=O)CCC5=O)cc4)CC3)sc2c1. The van der Waals surface area contributed by atoms with Gasteiger partial charge in [0.2, 0.25) is 11.8 Å². The zero-order chi connectivity index (χ0) is 25.1. The summed E-state index contributed by atoms with van der Waals surface area (Å²) in [6.45, 7) is 7.54. The van der Waals surface area contributed by atoms with Crippen molar-refractivity contribution in [1.82, 2.24) is 15.2 Å². The molecule has 1 aromatic heterocycles. The maximum atomic E-state index is 12.5. The molecule has 0 bridgehead atoms. The highest BCUT2D eigenvalue weighted by Crippen LogP contribution is 2.32. The summed E-state index contributed by atoms with van der Waals surface area (Å²) in [5, 5.41) is 4.00. The number of piperazine rings is 1. The molecule has 2 saturated heterocycles. The van der Waals surface area contributed by atoms with Crippen molar-refractivity contribution in [2.75, 3.05) is 55.7 Å². The van der Waals surface area contributed by atoms with Crippen LogP contribution < -0.4 is 19.9 Å². The topological polar surface area (TPSA) is 95.1 Å². The fourth-order valence-corrected chi connectivity index (χ4v) is 5.55. The lowest BCUT2D eigenvalue weighted by Gasteiger charge is -2.34. The van der Waals surface area contributed by atoms with Crippen LogP contribution in [0, 0.1) is 0 Å². The number of rotatable bonds is 8. The lowest BCUT2D eigenvalue weighted by Crippen LogP contribution is -2.48. The molecule has 2 fully saturated rings. The standard InChI is InChI=1S/C26H29N5O4S/c1-2-35-20-7-8-21-22(17-20)36-26(28-21)30-15-13-29(14-16-30)12-11-27-25(34)18-3-5-19(6-4-18)31-23(32)9-10-24(31)33/h3-8,17H,2,9-16H2,1H3,(H,27,34). The van der Waals surface area contributed by atoms with Crippen molar-refractivity contribution < 1.29 is 19.1 Å². The van der Waals surface area contributed by atoms with Gasteiger partial charge in [0.05, 0.1) is 22.5 Å². The third kappa shape index (κ3) is 5.19. The van der Waals surface area contributed by atoms with Gasteiger partial charge < -0.3 is 15.0 Å². The van der Waals surface area contributed by atoms with Gasteiger partial charge in [-0.2, -0.15) is 0 Å². The number of hydrogen-bond acceptors (Lipinski definition) is 8. The Bertz CT molecular complexity index is 1250. The van der Waals surface area contributed by atoms with Crippen molar-refractivity contribution in [3.8, 4) is 5.75 Å². The summed E-state index contributed by atoms with van der Waals surface area (Å²) in [5.74, 6) is 0.312. The fraction of sp³-hybridized carbons (Fsp3) is 0.385. The van der Waals surface area contributed by atoms with E-state index < -0.39 is 0 Å². The number of fused-ring (bicyclic) bond motifs is 1. The smallest absolute Gasteiger partial charge is 0.251 e. The number of thiazole rings is 1. The van der Waals surface area contributed by atoms with Crippen LogP contribution in [0.4, 0.5) is 10.8 Å². The molecule has 2 aromatic carbocycles. The largest absolute Gasteiger partial charge is 0.494 e. The molecule has 0 aliphatic carbocycles. The predicted octanol–water partition coefficient (Wildman–Crippen LogP) is 2.90. The van der Waals surface area contributed by atoms with Crippen molar-refractivity contribution in [1.29, 1.82) is 0 Å². The number of ether oxygens (including phenoxy) is 1. The number of nitrogens with one attached hydrogen (secondary N) is 1. The highest BCUT2D eigenvalue weighted by atomic mass is 32.1. The zero-order valence-electron chi connectivity index (χ0n) is 20.2. The normalized spacial score (nSPS) is 16.7. The quantitative estimate of drug-likeness (QED) is 0.469. The third-order valence-corrected chi connectivity index (χ3v) is 7.53. The van der Waals surface area contributed by atoms with Gasteiger partial charge in [0.1, 0.15) is 5.75 Å². The maximum absolute atomic E-state index is 12.5. The maximum Gasteiger partial charge on any atom is 0.251 e. The van der Waals surface area contributed by atoms with Crippen molar-refractivity contribution in [3.05, 3.63) is 48.0 Å². The minimum absolute atomic E-state index is 0.167. The molecule has 1 N–H and O–H groups in total. The predicted molar refractivity (Wildman–Crippen MR) is 140 cm³/mol. The highest BCUT2D eigenvalue weighted by Gasteiger charge is 2.30. The Morgan fingerprint density at radius 2 is 1.75 bits per heavy atom. The molecule has 0 radical (unpaired) electrons. The number of amides is 3. The number of imide groups is 1. The number of aromatic nitrogens is 1. The number of benzene rings is 2. The molecule has 3 amide bonds. The Kier molecular flexibility index (Phi) is 7.15. The number of hydrogen-bond donors (Lipinski definition) is 1. The number of nitrogens with zero attached hydrogens (tertiary/aromatic N) is 4. The van der Waals surface area contributed by atoms with Crippen LogP contribution in [0.3, 0.4) is 0 Å². The molecule has 0 saturated carbocycles. The monoisotopic (exact) mass is 507 g/mol. The lowest BCUT2D eigenvalue weighted by atomic mass is 10.2. The zero-order valence-corrected chi connectivity index (χ0v) is 21.1. The van der Waals surface area contributed by atoms with E-state index >= 15 is 0 Å². The number of carbonyl (C=O) groups is 3. The van der Waals surface area contributed by atoms with Crippen LogP contribution in [0.1, 0.15) is 30.1 Å². The van der Waals surface area contributed by atoms with Crippen LogP contribution >= 0.6 is 11.3 Å². The van der Waals surface area contributed by atoms with Gasteiger partial charge >= 0.3 is 0 Å². The van der Waals surface area contributed by atoms with E-state index in [4.69, 9.17) is 9.72 Å². The van der Waals surface area contributed by atoms with Gasteiger partial charge in [0.15, 0.2) is 5.13 Å². The molecule has 3 heterocycles. The minimum Gasteiger partial charge on any atom is -0.494 e. The summed E-state index contributed by atoms with van der Waals surface area (Å²) < 4.78 is 6.73. The van der Waals surface area contributed by atoms with Gasteiger partial charge in [-0.25, -0.2) is 4.98 Å². The molecule has 0 unspecified atom stereocenters. The molecule has 188 valence electrons. The van der Waals surface area contributed by atoms with Crippen LogP contribution in [-0.4, -0.2) is 73.5 Å². The van der Waals surface area contributed by atoms with Gasteiger partial charge in [-0.15, -0.1) is 0 Å². The Balaban J connectivity index is 1.08. The number of carbonyl (C=O) groups excluding carboxylic acids is 3. The summed E-state index contributed by atoms with van der Waals surface area (Å²) >= 11 is 1.69. The summed E-state index contributed by atoms with van der Waals surface area (Å²) in [6.07, 6.45) is 0.483. The summed E-state index contributed by atoms with van der Waals surface area (Å²) in [5.41, 5.74) is 2.01. The Hall–Kier alpha value is -3.50. The van der Waals surface area contributed by atoms with Gasteiger partial charge in [-0.05, 0) is 49.4 Å². The fourth-order valence-electron chi connectivity index (χ4n) is 4.50. The second kappa shape index (κ2) is 10.6. The van der Waals surface area contributed by atoms with Crippen LogP contribution in [0.5, 0.6) is 5.75 Å². The van der Waals surface area contributed by atoms with Crippen LogP contribution in [-0.2, 0) is 9.59 Å². The van der Waals surface area contributed by atoms with E-state index in [2.05, 4.69) is 21.2 Å². The Labute approximate surface area is 213 Å². The van der Waals surface area contributed by atoms with E-state index in [0.717, 1.165) is 53.8 Å². The van der Waals surface area contributed by atoms with Crippen LogP contribution in [0.15, 0.2) is 42.5 Å². The average Bonchev–Trinajstić information content (AvgIpc) is 3.47. The molecule has 9 nitrogen and oxygen atoms in total. The van der Waals surface area contributed by atoms with Gasteiger partial charge in [-0.1, -0.05) is 11.3 Å². The first-order valence-electron chi connectivity index (χ1n) is 12.3. The van der Waals surface area contributed by atoms with E-state index in [-0.39, 0.29) is 30.6 Å². The Morgan fingerprint density at radius 3 is 2.44 bits per heavy atom. The lowest BCUT2D eigenvalue weighted by molar-refractivity contribution is -0.121. The molecule has 2 aliphatic rings. The number of anilines is 2. The first-order valence-corrected chi connectivity index (χ1v) is 13.1. The highest BCUT2D eigenvalue weighted by molar-refractivity contribution is 7.22. The summed E-state index contributed by atoms with van der Waals surface area (Å²) in [7, 11) is 0. The van der Waals surface area contributed by atoms with Gasteiger partial charge in [0, 0.05) is 57.7 Å². The molecule has 36 heavy (non-hydrogen) atoms. The molecule has 2 aliphatic heterocycles. The minimum atomic E-state index is -0.198. The van der Waals surface area contributed by atoms with E-state index in [1.807, 2.05) is 19.1 Å². The van der Waals surface area contributed by atoms with E-state index in [0.29, 0.717) is 24.4 Å². The molecule has 3 aromatic rings. The van der Waals surface area contributed by atoms with Crippen molar-refractivity contribution >= 4 is 50.1 Å². The Morgan fingerprint density at radius 1 is 1.03 bits per heavy atom. The van der Waals surface area contributed by atoms with Crippen molar-refractivity contribution in [3.63, 3.8) is 0 Å². The third-order valence-electron chi connectivity index (χ3n) is 6.46. The van der Waals surface area contributed by atoms with Crippen molar-refractivity contribution in [2.24, 2.45) is 0 Å². The first kappa shape index (κ1) is 24.2. The molecular weight excluding hydrogens is 478 g/mol. The summed E-state index contributed by atoms with van der Waals surface area (Å²) in [4.78, 5) is 46.9. The average molecular weight is 508 g/mol. The van der Waals surface area contributed by atoms with Gasteiger partial charge in [0.25, 0.3) is 5.91 Å². The molecule has 0 spiro atoms. The van der Waals surface area contributed by atoms with Crippen molar-refractivity contribution in [2.45, 2.75) is 19.8 Å². The van der Waals surface area contributed by atoms with E-state index in [1.54, 1.807) is 35.6 Å². The van der Waals surface area contributed by atoms with Crippen LogP contribution in [0.2, 0.25) is 0 Å². The van der Waals surface area contributed by atoms with Gasteiger partial charge in [-0.3, -0.25) is 24.2 Å². The van der Waals surface area contributed by atoms with E-state index in [9.17, 15) is 14.4 Å². The summed E-state index contributed by atoms with van der Waals surface area (Å²) in [6, 6.07) is 12.6. The second-order valence-electron chi connectivity index (χ2n) is 8.81. The van der Waals surface area contributed by atoms with E-state index in [1.165, 1.54) is 4.90 Å². The van der Waals surface area contributed by atoms with Crippen LogP contribution in [0.25, 0.3) is 10.2 Å². The second-order valence-corrected chi connectivity index (χ2v) is 9.82.